The van der Waals surface area contributed by atoms with E-state index in [0.717, 1.165) is 11.3 Å². The Labute approximate surface area is 162 Å². The largest absolute Gasteiger partial charge is 0.465 e. The van der Waals surface area contributed by atoms with Gasteiger partial charge in [-0.25, -0.2) is 4.79 Å². The summed E-state index contributed by atoms with van der Waals surface area (Å²) in [6, 6.07) is 11.5. The first kappa shape index (κ1) is 17.1. The van der Waals surface area contributed by atoms with Crippen molar-refractivity contribution in [3.8, 4) is 11.5 Å². The zero-order chi connectivity index (χ0) is 19.3. The molecule has 7 nitrogen and oxygen atoms in total. The van der Waals surface area contributed by atoms with Crippen LogP contribution in [0.15, 0.2) is 42.6 Å². The summed E-state index contributed by atoms with van der Waals surface area (Å²) in [5.41, 5.74) is 3.67. The van der Waals surface area contributed by atoms with Gasteiger partial charge in [0.2, 0.25) is 6.79 Å². The maximum Gasteiger partial charge on any atom is 0.339 e. The van der Waals surface area contributed by atoms with Gasteiger partial charge in [0.25, 0.3) is 5.91 Å². The number of aryl methyl sites for hydroxylation is 1. The number of rotatable bonds is 2. The monoisotopic (exact) mass is 381 g/mol. The Kier molecular flexibility index (Phi) is 3.82. The maximum absolute atomic E-state index is 12.6. The number of nitrogens with zero attached hydrogens (tertiary/aromatic N) is 1. The van der Waals surface area contributed by atoms with Crippen molar-refractivity contribution in [3.05, 3.63) is 59.3 Å². The van der Waals surface area contributed by atoms with Crippen molar-refractivity contribution < 1.29 is 28.5 Å². The fourth-order valence-electron chi connectivity index (χ4n) is 3.76. The van der Waals surface area contributed by atoms with E-state index in [0.29, 0.717) is 41.4 Å². The molecule has 0 radical (unpaired) electrons. The van der Waals surface area contributed by atoms with Crippen molar-refractivity contribution in [2.24, 2.45) is 0 Å². The molecule has 0 aliphatic carbocycles. The Hall–Kier alpha value is -3.03. The molecule has 0 bridgehead atoms. The van der Waals surface area contributed by atoms with Crippen molar-refractivity contribution in [2.75, 3.05) is 32.0 Å². The molecule has 7 heteroatoms. The number of hydrogen-bond acceptors (Lipinski definition) is 7. The highest BCUT2D eigenvalue weighted by atomic mass is 16.8. The minimum absolute atomic E-state index is 0.131. The summed E-state index contributed by atoms with van der Waals surface area (Å²) in [6.07, 6.45) is 1.71. The molecule has 1 fully saturated rings. The Bertz CT molecular complexity index is 975. The van der Waals surface area contributed by atoms with Crippen LogP contribution in [0.25, 0.3) is 5.57 Å². The summed E-state index contributed by atoms with van der Waals surface area (Å²) in [5, 5.41) is 0. The average molecular weight is 381 g/mol. The molecule has 2 aromatic carbocycles. The van der Waals surface area contributed by atoms with E-state index in [4.69, 9.17) is 23.7 Å². The number of carbonyl (C=O) groups is 1. The summed E-state index contributed by atoms with van der Waals surface area (Å²) in [4.78, 5) is 14.4. The minimum atomic E-state index is -1.19. The second kappa shape index (κ2) is 6.25. The number of ether oxygens (including phenoxy) is 5. The van der Waals surface area contributed by atoms with E-state index in [2.05, 4.69) is 0 Å². The Morgan fingerprint density at radius 1 is 1.07 bits per heavy atom. The first-order chi connectivity index (χ1) is 13.6. The van der Waals surface area contributed by atoms with Crippen LogP contribution in [0, 0.1) is 6.92 Å². The van der Waals surface area contributed by atoms with Gasteiger partial charge in [0.1, 0.15) is 0 Å². The quantitative estimate of drug-likeness (QED) is 0.741. The van der Waals surface area contributed by atoms with Crippen LogP contribution in [-0.4, -0.2) is 33.1 Å². The molecule has 0 amide bonds. The molecule has 0 atom stereocenters. The highest BCUT2D eigenvalue weighted by Crippen LogP contribution is 2.49. The van der Waals surface area contributed by atoms with E-state index in [9.17, 15) is 4.79 Å². The Balaban J connectivity index is 1.76. The highest BCUT2D eigenvalue weighted by Gasteiger charge is 2.50. The van der Waals surface area contributed by atoms with Crippen LogP contribution in [0.4, 0.5) is 5.69 Å². The van der Waals surface area contributed by atoms with Gasteiger partial charge in [-0.3, -0.25) is 4.90 Å². The summed E-state index contributed by atoms with van der Waals surface area (Å²) in [6.45, 7) is 3.01. The van der Waals surface area contributed by atoms with Gasteiger partial charge in [0.15, 0.2) is 11.5 Å². The van der Waals surface area contributed by atoms with E-state index in [1.54, 1.807) is 12.3 Å². The summed E-state index contributed by atoms with van der Waals surface area (Å²) in [5.74, 6) is -0.480. The molecule has 3 heterocycles. The lowest BCUT2D eigenvalue weighted by molar-refractivity contribution is -0.161. The molecule has 3 aliphatic rings. The molecule has 1 saturated heterocycles. The SMILES string of the molecule is COC(=O)C1=CN(c2ccc(C)cc2)C2(OCCO2)c2cc3c(cc21)OCO3. The number of carbonyl (C=O) groups excluding carboxylic acids is 1. The molecular weight excluding hydrogens is 362 g/mol. The molecular formula is C21H19NO6. The van der Waals surface area contributed by atoms with Crippen LogP contribution < -0.4 is 14.4 Å². The third-order valence-corrected chi connectivity index (χ3v) is 5.11. The Morgan fingerprint density at radius 2 is 1.75 bits per heavy atom. The first-order valence-electron chi connectivity index (χ1n) is 9.01. The lowest BCUT2D eigenvalue weighted by Gasteiger charge is -2.42. The number of anilines is 1. The molecule has 0 N–H and O–H groups in total. The van der Waals surface area contributed by atoms with Gasteiger partial charge in [0.05, 0.1) is 25.9 Å². The van der Waals surface area contributed by atoms with Crippen LogP contribution >= 0.6 is 0 Å². The topological polar surface area (TPSA) is 66.5 Å². The predicted molar refractivity (Wildman–Crippen MR) is 99.8 cm³/mol. The van der Waals surface area contributed by atoms with Gasteiger partial charge >= 0.3 is 5.97 Å². The van der Waals surface area contributed by atoms with Crippen molar-refractivity contribution >= 4 is 17.2 Å². The van der Waals surface area contributed by atoms with Gasteiger partial charge in [-0.2, -0.15) is 0 Å². The lowest BCUT2D eigenvalue weighted by atomic mass is 9.92. The molecule has 5 rings (SSSR count). The second-order valence-corrected chi connectivity index (χ2v) is 6.77. The molecule has 0 unspecified atom stereocenters. The standard InChI is InChI=1S/C21H19NO6/c1-13-3-5-14(6-4-13)22-11-16(20(23)24-2)15-9-18-19(26-12-25-18)10-17(15)21(22)27-7-8-28-21/h3-6,9-11H,7-8,12H2,1-2H3. The van der Waals surface area contributed by atoms with Crippen LogP contribution in [0.2, 0.25) is 0 Å². The molecule has 28 heavy (non-hydrogen) atoms. The maximum atomic E-state index is 12.6. The van der Waals surface area contributed by atoms with E-state index in [-0.39, 0.29) is 6.79 Å². The second-order valence-electron chi connectivity index (χ2n) is 6.77. The fourth-order valence-corrected chi connectivity index (χ4v) is 3.76. The van der Waals surface area contributed by atoms with Crippen molar-refractivity contribution in [3.63, 3.8) is 0 Å². The van der Waals surface area contributed by atoms with Gasteiger partial charge in [-0.05, 0) is 31.2 Å². The lowest BCUT2D eigenvalue weighted by Crippen LogP contribution is -2.47. The number of benzene rings is 2. The summed E-state index contributed by atoms with van der Waals surface area (Å²) >= 11 is 0. The molecule has 0 aromatic heterocycles. The zero-order valence-electron chi connectivity index (χ0n) is 15.6. The average Bonchev–Trinajstić information content (AvgIpc) is 3.37. The normalized spacial score (nSPS) is 18.8. The number of hydrogen-bond donors (Lipinski definition) is 0. The predicted octanol–water partition coefficient (Wildman–Crippen LogP) is 2.91. The van der Waals surface area contributed by atoms with Crippen LogP contribution in [0.1, 0.15) is 16.7 Å². The molecule has 1 spiro atoms. The van der Waals surface area contributed by atoms with Crippen molar-refractivity contribution in [1.82, 2.24) is 0 Å². The smallest absolute Gasteiger partial charge is 0.339 e. The summed E-state index contributed by atoms with van der Waals surface area (Å²) < 4.78 is 28.4. The molecule has 2 aromatic rings. The van der Waals surface area contributed by atoms with Crippen molar-refractivity contribution in [1.29, 1.82) is 0 Å². The van der Waals surface area contributed by atoms with Crippen LogP contribution in [0.3, 0.4) is 0 Å². The molecule has 0 saturated carbocycles. The third-order valence-electron chi connectivity index (χ3n) is 5.11. The fraction of sp³-hybridized carbons (Fsp3) is 0.286. The number of methoxy groups -OCH3 is 1. The molecule has 3 aliphatic heterocycles. The Morgan fingerprint density at radius 3 is 2.43 bits per heavy atom. The van der Waals surface area contributed by atoms with E-state index < -0.39 is 11.9 Å². The van der Waals surface area contributed by atoms with Gasteiger partial charge < -0.3 is 23.7 Å². The van der Waals surface area contributed by atoms with Gasteiger partial charge in [-0.1, -0.05) is 17.7 Å². The number of esters is 1. The van der Waals surface area contributed by atoms with Gasteiger partial charge in [0, 0.05) is 23.0 Å². The van der Waals surface area contributed by atoms with Crippen LogP contribution in [0.5, 0.6) is 11.5 Å². The minimum Gasteiger partial charge on any atom is -0.465 e. The molecule has 144 valence electrons. The summed E-state index contributed by atoms with van der Waals surface area (Å²) in [7, 11) is 1.36. The third kappa shape index (κ3) is 2.40. The van der Waals surface area contributed by atoms with Crippen LogP contribution in [-0.2, 0) is 24.9 Å². The van der Waals surface area contributed by atoms with Crippen molar-refractivity contribution in [2.45, 2.75) is 12.8 Å². The highest BCUT2D eigenvalue weighted by molar-refractivity contribution is 6.18. The number of fused-ring (bicyclic) bond motifs is 3. The van der Waals surface area contributed by atoms with Gasteiger partial charge in [-0.15, -0.1) is 0 Å². The van der Waals surface area contributed by atoms with E-state index in [1.807, 2.05) is 42.2 Å². The van der Waals surface area contributed by atoms with E-state index >= 15 is 0 Å². The zero-order valence-corrected chi connectivity index (χ0v) is 15.6. The van der Waals surface area contributed by atoms with E-state index in [1.165, 1.54) is 7.11 Å². The first-order valence-corrected chi connectivity index (χ1v) is 9.01.